The Morgan fingerprint density at radius 2 is 2.12 bits per heavy atom. The summed E-state index contributed by atoms with van der Waals surface area (Å²) in [4.78, 5) is 0. The zero-order valence-corrected chi connectivity index (χ0v) is 10.3. The van der Waals surface area contributed by atoms with Gasteiger partial charge in [0.05, 0.1) is 12.3 Å². The maximum absolute atomic E-state index is 8.79. The van der Waals surface area contributed by atoms with Gasteiger partial charge in [0.25, 0.3) is 0 Å². The maximum Gasteiger partial charge on any atom is 0.128 e. The van der Waals surface area contributed by atoms with Gasteiger partial charge in [0.15, 0.2) is 0 Å². The molecule has 1 N–H and O–H groups in total. The van der Waals surface area contributed by atoms with Crippen molar-refractivity contribution < 1.29 is 9.94 Å². The molecule has 0 heterocycles. The Morgan fingerprint density at radius 3 is 2.69 bits per heavy atom. The molecule has 0 aliphatic carbocycles. The minimum atomic E-state index is 0.472. The van der Waals surface area contributed by atoms with Gasteiger partial charge in [-0.3, -0.25) is 0 Å². The van der Waals surface area contributed by atoms with Crippen LogP contribution in [-0.2, 0) is 0 Å². The lowest BCUT2D eigenvalue weighted by atomic mass is 10.1. The number of nitrogens with zero attached hydrogens (tertiary/aromatic N) is 1. The average molecular weight is 221 g/mol. The van der Waals surface area contributed by atoms with Crippen molar-refractivity contribution in [3.8, 4) is 5.75 Å². The van der Waals surface area contributed by atoms with Gasteiger partial charge in [0, 0.05) is 5.56 Å². The highest BCUT2D eigenvalue weighted by atomic mass is 16.5. The van der Waals surface area contributed by atoms with Gasteiger partial charge in [0.2, 0.25) is 0 Å². The number of oxime groups is 1. The van der Waals surface area contributed by atoms with Crippen LogP contribution in [0.15, 0.2) is 23.4 Å². The first-order valence-electron chi connectivity index (χ1n) is 5.47. The van der Waals surface area contributed by atoms with E-state index in [4.69, 9.17) is 9.94 Å². The van der Waals surface area contributed by atoms with Gasteiger partial charge >= 0.3 is 0 Å². The van der Waals surface area contributed by atoms with E-state index in [1.54, 1.807) is 6.92 Å². The molecule has 1 aromatic carbocycles. The summed E-state index contributed by atoms with van der Waals surface area (Å²) >= 11 is 0. The highest BCUT2D eigenvalue weighted by molar-refractivity contribution is 6.00. The van der Waals surface area contributed by atoms with E-state index in [9.17, 15) is 0 Å². The largest absolute Gasteiger partial charge is 0.493 e. The Balaban J connectivity index is 2.99. The molecule has 0 atom stereocenters. The van der Waals surface area contributed by atoms with E-state index in [2.05, 4.69) is 19.0 Å². The van der Waals surface area contributed by atoms with E-state index in [1.165, 1.54) is 0 Å². The fourth-order valence-corrected chi connectivity index (χ4v) is 1.36. The van der Waals surface area contributed by atoms with Crippen molar-refractivity contribution >= 4 is 5.71 Å². The summed E-state index contributed by atoms with van der Waals surface area (Å²) in [7, 11) is 0. The number of aryl methyl sites for hydroxylation is 1. The average Bonchev–Trinajstić information content (AvgIpc) is 2.25. The molecule has 0 amide bonds. The Kier molecular flexibility index (Phi) is 4.35. The quantitative estimate of drug-likeness (QED) is 0.482. The van der Waals surface area contributed by atoms with Crippen LogP contribution in [0.3, 0.4) is 0 Å². The molecule has 1 aromatic rings. The van der Waals surface area contributed by atoms with Crippen LogP contribution in [0.4, 0.5) is 0 Å². The summed E-state index contributed by atoms with van der Waals surface area (Å²) in [6, 6.07) is 5.86. The molecule has 0 radical (unpaired) electrons. The molecular formula is C13H19NO2. The van der Waals surface area contributed by atoms with E-state index in [0.717, 1.165) is 16.9 Å². The molecule has 16 heavy (non-hydrogen) atoms. The Bertz CT molecular complexity index is 384. The summed E-state index contributed by atoms with van der Waals surface area (Å²) in [5, 5.41) is 12.0. The van der Waals surface area contributed by atoms with Crippen LogP contribution in [0.2, 0.25) is 0 Å². The molecule has 3 nitrogen and oxygen atoms in total. The van der Waals surface area contributed by atoms with Crippen LogP contribution in [0, 0.1) is 12.8 Å². The standard InChI is InChI=1S/C13H19NO2/c1-9(2)8-16-13-7-10(3)5-6-12(13)11(4)14-15/h5-7,9,15H,8H2,1-4H3. The topological polar surface area (TPSA) is 41.8 Å². The van der Waals surface area contributed by atoms with Gasteiger partial charge in [0.1, 0.15) is 5.75 Å². The molecule has 88 valence electrons. The van der Waals surface area contributed by atoms with Gasteiger partial charge in [-0.05, 0) is 37.5 Å². The van der Waals surface area contributed by atoms with Crippen LogP contribution in [-0.4, -0.2) is 17.5 Å². The van der Waals surface area contributed by atoms with Gasteiger partial charge in [-0.1, -0.05) is 25.1 Å². The highest BCUT2D eigenvalue weighted by Crippen LogP contribution is 2.21. The van der Waals surface area contributed by atoms with Crippen LogP contribution >= 0.6 is 0 Å². The number of hydrogen-bond acceptors (Lipinski definition) is 3. The maximum atomic E-state index is 8.79. The Labute approximate surface area is 96.7 Å². The first-order valence-corrected chi connectivity index (χ1v) is 5.47. The van der Waals surface area contributed by atoms with Crippen molar-refractivity contribution in [2.45, 2.75) is 27.7 Å². The van der Waals surface area contributed by atoms with Crippen LogP contribution < -0.4 is 4.74 Å². The normalized spacial score (nSPS) is 11.9. The zero-order valence-electron chi connectivity index (χ0n) is 10.3. The second kappa shape index (κ2) is 5.54. The minimum Gasteiger partial charge on any atom is -0.493 e. The second-order valence-corrected chi connectivity index (χ2v) is 4.39. The molecule has 0 aromatic heterocycles. The predicted octanol–water partition coefficient (Wildman–Crippen LogP) is 3.23. The van der Waals surface area contributed by atoms with Gasteiger partial charge in [-0.2, -0.15) is 0 Å². The van der Waals surface area contributed by atoms with E-state index in [0.29, 0.717) is 18.2 Å². The van der Waals surface area contributed by atoms with E-state index in [1.807, 2.05) is 25.1 Å². The van der Waals surface area contributed by atoms with Gasteiger partial charge in [-0.25, -0.2) is 0 Å². The molecule has 0 spiro atoms. The van der Waals surface area contributed by atoms with Crippen LogP contribution in [0.5, 0.6) is 5.75 Å². The summed E-state index contributed by atoms with van der Waals surface area (Å²) < 4.78 is 5.71. The third-order valence-corrected chi connectivity index (χ3v) is 2.25. The van der Waals surface area contributed by atoms with Crippen LogP contribution in [0.25, 0.3) is 0 Å². The minimum absolute atomic E-state index is 0.472. The van der Waals surface area contributed by atoms with Crippen molar-refractivity contribution in [1.29, 1.82) is 0 Å². The second-order valence-electron chi connectivity index (χ2n) is 4.39. The Morgan fingerprint density at radius 1 is 1.44 bits per heavy atom. The molecule has 0 unspecified atom stereocenters. The number of rotatable bonds is 4. The SMILES string of the molecule is CC(=NO)c1ccc(C)cc1OCC(C)C. The predicted molar refractivity (Wildman–Crippen MR) is 65.5 cm³/mol. The first kappa shape index (κ1) is 12.6. The first-order chi connectivity index (χ1) is 7.54. The van der Waals surface area contributed by atoms with Crippen molar-refractivity contribution in [3.05, 3.63) is 29.3 Å². The number of ether oxygens (including phenoxy) is 1. The lowest BCUT2D eigenvalue weighted by Crippen LogP contribution is -2.08. The highest BCUT2D eigenvalue weighted by Gasteiger charge is 2.08. The molecule has 0 aliphatic heterocycles. The van der Waals surface area contributed by atoms with Crippen molar-refractivity contribution in [1.82, 2.24) is 0 Å². The third-order valence-electron chi connectivity index (χ3n) is 2.25. The summed E-state index contributed by atoms with van der Waals surface area (Å²) in [5.74, 6) is 1.25. The van der Waals surface area contributed by atoms with Crippen LogP contribution in [0.1, 0.15) is 31.9 Å². The van der Waals surface area contributed by atoms with E-state index < -0.39 is 0 Å². The molecule has 0 saturated heterocycles. The number of benzene rings is 1. The molecular weight excluding hydrogens is 202 g/mol. The molecule has 0 fully saturated rings. The Hall–Kier alpha value is -1.51. The summed E-state index contributed by atoms with van der Waals surface area (Å²) in [6.45, 7) is 8.63. The fourth-order valence-electron chi connectivity index (χ4n) is 1.36. The molecule has 3 heteroatoms. The van der Waals surface area contributed by atoms with Gasteiger partial charge < -0.3 is 9.94 Å². The smallest absolute Gasteiger partial charge is 0.128 e. The third kappa shape index (κ3) is 3.26. The summed E-state index contributed by atoms with van der Waals surface area (Å²) in [5.41, 5.74) is 2.54. The summed E-state index contributed by atoms with van der Waals surface area (Å²) in [6.07, 6.45) is 0. The molecule has 1 rings (SSSR count). The molecule has 0 bridgehead atoms. The lowest BCUT2D eigenvalue weighted by molar-refractivity contribution is 0.270. The van der Waals surface area contributed by atoms with Gasteiger partial charge in [-0.15, -0.1) is 0 Å². The van der Waals surface area contributed by atoms with Crippen molar-refractivity contribution in [2.24, 2.45) is 11.1 Å². The lowest BCUT2D eigenvalue weighted by Gasteiger charge is -2.13. The molecule has 0 saturated carbocycles. The fraction of sp³-hybridized carbons (Fsp3) is 0.462. The van der Waals surface area contributed by atoms with E-state index >= 15 is 0 Å². The zero-order chi connectivity index (χ0) is 12.1. The van der Waals surface area contributed by atoms with Crippen molar-refractivity contribution in [2.75, 3.05) is 6.61 Å². The van der Waals surface area contributed by atoms with Crippen molar-refractivity contribution in [3.63, 3.8) is 0 Å². The molecule has 0 aliphatic rings. The number of hydrogen-bond donors (Lipinski definition) is 1. The monoisotopic (exact) mass is 221 g/mol. The van der Waals surface area contributed by atoms with E-state index in [-0.39, 0.29) is 0 Å².